The van der Waals surface area contributed by atoms with Crippen LogP contribution in [-0.4, -0.2) is 17.7 Å². The molecule has 4 heteroatoms. The van der Waals surface area contributed by atoms with Gasteiger partial charge in [0.15, 0.2) is 0 Å². The van der Waals surface area contributed by atoms with Crippen LogP contribution in [0.25, 0.3) is 20.9 Å². The highest BCUT2D eigenvalue weighted by atomic mass is 32.1. The highest BCUT2D eigenvalue weighted by molar-refractivity contribution is 7.28. The zero-order chi connectivity index (χ0) is 15.9. The number of fused-ring (bicyclic) bond motifs is 3. The second-order valence-corrected chi connectivity index (χ2v) is 7.67. The average Bonchev–Trinajstić information content (AvgIpc) is 2.91. The third kappa shape index (κ3) is 2.79. The van der Waals surface area contributed by atoms with Crippen molar-refractivity contribution in [3.05, 3.63) is 42.5 Å². The molecule has 1 heterocycles. The van der Waals surface area contributed by atoms with E-state index in [0.29, 0.717) is 5.92 Å². The molecule has 0 spiro atoms. The number of hydrogen-bond donors (Lipinski definition) is 1. The Balaban J connectivity index is 2.00. The summed E-state index contributed by atoms with van der Waals surface area (Å²) in [7, 11) is -0.881. The molecule has 0 aliphatic carbocycles. The van der Waals surface area contributed by atoms with Gasteiger partial charge in [0.2, 0.25) is 0 Å². The van der Waals surface area contributed by atoms with E-state index in [1.165, 1.54) is 15.5 Å². The molecular weight excluding hydrogens is 291 g/mol. The molecule has 0 saturated heterocycles. The molecule has 0 aliphatic rings. The molecule has 0 atom stereocenters. The molecule has 22 heavy (non-hydrogen) atoms. The molecule has 0 unspecified atom stereocenters. The maximum atomic E-state index is 10.5. The predicted octanol–water partition coefficient (Wildman–Crippen LogP) is 4.19. The van der Waals surface area contributed by atoms with Crippen molar-refractivity contribution in [2.75, 3.05) is 0 Å². The van der Waals surface area contributed by atoms with Crippen LogP contribution >= 0.6 is 11.3 Å². The Morgan fingerprint density at radius 3 is 2.50 bits per heavy atom. The van der Waals surface area contributed by atoms with Crippen molar-refractivity contribution in [3.63, 3.8) is 0 Å². The Hall–Kier alpha value is -1.36. The summed E-state index contributed by atoms with van der Waals surface area (Å²) in [5, 5.41) is 14.1. The molecule has 2 aromatic carbocycles. The van der Waals surface area contributed by atoms with Gasteiger partial charge in [-0.2, -0.15) is 0 Å². The van der Waals surface area contributed by atoms with Crippen LogP contribution in [0.15, 0.2) is 42.5 Å². The van der Waals surface area contributed by atoms with Gasteiger partial charge in [-0.15, -0.1) is 11.3 Å². The molecule has 0 aliphatic heterocycles. The molecule has 1 aromatic heterocycles. The SMILES string of the molecule is CC(C)C(C)(C)OB(O)c1cc2ccc3ccccc3c2s1. The maximum Gasteiger partial charge on any atom is 0.502 e. The quantitative estimate of drug-likeness (QED) is 0.732. The smallest absolute Gasteiger partial charge is 0.423 e. The minimum absolute atomic E-state index is 0.331. The normalized spacial score (nSPS) is 12.5. The van der Waals surface area contributed by atoms with Gasteiger partial charge >= 0.3 is 7.12 Å². The zero-order valence-electron chi connectivity index (χ0n) is 13.5. The maximum absolute atomic E-state index is 10.5. The molecule has 114 valence electrons. The molecule has 0 fully saturated rings. The lowest BCUT2D eigenvalue weighted by molar-refractivity contribution is 0.0426. The summed E-state index contributed by atoms with van der Waals surface area (Å²) < 4.78 is 7.96. The van der Waals surface area contributed by atoms with Gasteiger partial charge in [0, 0.05) is 9.48 Å². The van der Waals surface area contributed by atoms with E-state index in [0.717, 1.165) is 10.2 Å². The van der Waals surface area contributed by atoms with Gasteiger partial charge in [0.1, 0.15) is 0 Å². The minimum Gasteiger partial charge on any atom is -0.423 e. The molecule has 0 radical (unpaired) electrons. The highest BCUT2D eigenvalue weighted by Crippen LogP contribution is 2.29. The molecule has 3 aromatic rings. The van der Waals surface area contributed by atoms with Crippen molar-refractivity contribution >= 4 is 44.1 Å². The van der Waals surface area contributed by atoms with E-state index in [4.69, 9.17) is 4.65 Å². The van der Waals surface area contributed by atoms with Gasteiger partial charge < -0.3 is 9.68 Å². The van der Waals surface area contributed by atoms with Crippen LogP contribution in [0, 0.1) is 5.92 Å². The second kappa shape index (κ2) is 5.69. The molecule has 1 N–H and O–H groups in total. The Kier molecular flexibility index (Phi) is 4.02. The first kappa shape index (κ1) is 15.5. The fourth-order valence-corrected chi connectivity index (χ4v) is 3.50. The summed E-state index contributed by atoms with van der Waals surface area (Å²) in [6.45, 7) is 8.24. The third-order valence-electron chi connectivity index (χ3n) is 4.48. The van der Waals surface area contributed by atoms with E-state index in [9.17, 15) is 5.02 Å². The first-order valence-electron chi connectivity index (χ1n) is 7.65. The van der Waals surface area contributed by atoms with Crippen LogP contribution in [0.3, 0.4) is 0 Å². The molecule has 2 nitrogen and oxygen atoms in total. The molecule has 0 amide bonds. The van der Waals surface area contributed by atoms with Gasteiger partial charge in [0.25, 0.3) is 0 Å². The van der Waals surface area contributed by atoms with Crippen LogP contribution in [-0.2, 0) is 4.65 Å². The Morgan fingerprint density at radius 2 is 1.77 bits per heavy atom. The van der Waals surface area contributed by atoms with Crippen LogP contribution in [0.4, 0.5) is 0 Å². The third-order valence-corrected chi connectivity index (χ3v) is 5.69. The summed E-state index contributed by atoms with van der Waals surface area (Å²) in [6.07, 6.45) is 0. The minimum atomic E-state index is -0.881. The van der Waals surface area contributed by atoms with E-state index in [-0.39, 0.29) is 5.60 Å². The first-order valence-corrected chi connectivity index (χ1v) is 8.47. The predicted molar refractivity (Wildman–Crippen MR) is 96.9 cm³/mol. The Labute approximate surface area is 135 Å². The monoisotopic (exact) mass is 312 g/mol. The fraction of sp³-hybridized carbons (Fsp3) is 0.333. The number of benzene rings is 2. The molecule has 3 rings (SSSR count). The lowest BCUT2D eigenvalue weighted by Gasteiger charge is -2.31. The van der Waals surface area contributed by atoms with Gasteiger partial charge in [-0.1, -0.05) is 50.2 Å². The topological polar surface area (TPSA) is 29.5 Å². The Morgan fingerprint density at radius 1 is 1.09 bits per heavy atom. The second-order valence-electron chi connectivity index (χ2n) is 6.58. The lowest BCUT2D eigenvalue weighted by Crippen LogP contribution is -2.43. The fourth-order valence-electron chi connectivity index (χ4n) is 2.39. The van der Waals surface area contributed by atoms with Gasteiger partial charge in [0.05, 0.1) is 5.60 Å². The van der Waals surface area contributed by atoms with Crippen LogP contribution < -0.4 is 4.78 Å². The van der Waals surface area contributed by atoms with Crippen molar-refractivity contribution in [3.8, 4) is 0 Å². The summed E-state index contributed by atoms with van der Waals surface area (Å²) in [5.74, 6) is 0.331. The zero-order valence-corrected chi connectivity index (χ0v) is 14.3. The van der Waals surface area contributed by atoms with E-state index < -0.39 is 7.12 Å². The summed E-state index contributed by atoms with van der Waals surface area (Å²) in [4.78, 5) is 0. The molecular formula is C18H21BO2S. The number of thiophene rings is 1. The highest BCUT2D eigenvalue weighted by Gasteiger charge is 2.31. The van der Waals surface area contributed by atoms with Gasteiger partial charge in [-0.3, -0.25) is 0 Å². The first-order chi connectivity index (χ1) is 10.4. The van der Waals surface area contributed by atoms with E-state index in [1.54, 1.807) is 11.3 Å². The van der Waals surface area contributed by atoms with E-state index >= 15 is 0 Å². The molecule has 0 saturated carbocycles. The summed E-state index contributed by atoms with van der Waals surface area (Å²) >= 11 is 1.61. The van der Waals surface area contributed by atoms with Crippen molar-refractivity contribution in [2.45, 2.75) is 33.3 Å². The van der Waals surface area contributed by atoms with Crippen molar-refractivity contribution in [1.29, 1.82) is 0 Å². The summed E-state index contributed by atoms with van der Waals surface area (Å²) in [6, 6.07) is 14.6. The average molecular weight is 312 g/mol. The van der Waals surface area contributed by atoms with Crippen LogP contribution in [0.1, 0.15) is 27.7 Å². The lowest BCUT2D eigenvalue weighted by atomic mass is 9.83. The van der Waals surface area contributed by atoms with Gasteiger partial charge in [-0.25, -0.2) is 0 Å². The van der Waals surface area contributed by atoms with Gasteiger partial charge in [-0.05, 0) is 42.0 Å². The Bertz CT molecular complexity index is 807. The van der Waals surface area contributed by atoms with E-state index in [2.05, 4.69) is 44.2 Å². The van der Waals surface area contributed by atoms with Crippen molar-refractivity contribution in [2.24, 2.45) is 5.92 Å². The van der Waals surface area contributed by atoms with Crippen LogP contribution in [0.5, 0.6) is 0 Å². The van der Waals surface area contributed by atoms with Crippen molar-refractivity contribution < 1.29 is 9.68 Å². The number of hydrogen-bond acceptors (Lipinski definition) is 3. The summed E-state index contributed by atoms with van der Waals surface area (Å²) in [5.41, 5.74) is -0.363. The van der Waals surface area contributed by atoms with Crippen LogP contribution in [0.2, 0.25) is 0 Å². The largest absolute Gasteiger partial charge is 0.502 e. The number of rotatable bonds is 4. The molecule has 0 bridgehead atoms. The van der Waals surface area contributed by atoms with E-state index in [1.807, 2.05) is 26.0 Å². The standard InChI is InChI=1S/C18H21BO2S/c1-12(2)18(3,4)21-19(20)16-11-14-10-9-13-7-5-6-8-15(13)17(14)22-16/h5-12,20H,1-4H3. The van der Waals surface area contributed by atoms with Crippen molar-refractivity contribution in [1.82, 2.24) is 0 Å².